The molecule has 0 N–H and O–H groups in total. The van der Waals surface area contributed by atoms with Crippen LogP contribution in [0.4, 0.5) is 11.4 Å². The van der Waals surface area contributed by atoms with Gasteiger partial charge < -0.3 is 14.5 Å². The molecule has 59 heavy (non-hydrogen) atoms. The standard InChI is InChI=1S/C54H52N4O/c1-52(2,3)50-36-56(37-57(50)43-24-16-22-40(32-43)53(4,5)38-18-10-8-11-19-38)42-23-17-25-44(34-42)59-45-28-29-47-46-26-14-15-27-48(46)58(49(47)35-45)51-33-41(30-31-55-51)54(6,7)39-20-12-9-13-21-39/h8-36H,37H2,1-7H3. The van der Waals surface area contributed by atoms with E-state index < -0.39 is 0 Å². The maximum absolute atomic E-state index is 6.72. The smallest absolute Gasteiger partial charge is 0.137 e. The molecule has 294 valence electrons. The fourth-order valence-electron chi connectivity index (χ4n) is 8.62. The second kappa shape index (κ2) is 14.7. The number of aromatic nitrogens is 2. The molecule has 0 fully saturated rings. The highest BCUT2D eigenvalue weighted by Gasteiger charge is 2.33. The number of hydrogen-bond acceptors (Lipinski definition) is 4. The number of ether oxygens (including phenoxy) is 1. The van der Waals surface area contributed by atoms with Crippen LogP contribution < -0.4 is 14.5 Å². The lowest BCUT2D eigenvalue weighted by Crippen LogP contribution is -2.31. The fourth-order valence-corrected chi connectivity index (χ4v) is 8.62. The van der Waals surface area contributed by atoms with E-state index in [4.69, 9.17) is 9.72 Å². The predicted molar refractivity (Wildman–Crippen MR) is 246 cm³/mol. The zero-order valence-corrected chi connectivity index (χ0v) is 35.1. The summed E-state index contributed by atoms with van der Waals surface area (Å²) in [5.41, 5.74) is 10.3. The van der Waals surface area contributed by atoms with Crippen LogP contribution in [0, 0.1) is 5.41 Å². The van der Waals surface area contributed by atoms with Crippen LogP contribution in [-0.2, 0) is 10.8 Å². The molecular weight excluding hydrogens is 721 g/mol. The Kier molecular flexibility index (Phi) is 9.43. The zero-order chi connectivity index (χ0) is 40.9. The van der Waals surface area contributed by atoms with E-state index in [0.717, 1.165) is 39.4 Å². The normalized spacial score (nSPS) is 13.6. The molecule has 0 radical (unpaired) electrons. The van der Waals surface area contributed by atoms with E-state index in [0.29, 0.717) is 6.67 Å². The molecule has 9 rings (SSSR count). The predicted octanol–water partition coefficient (Wildman–Crippen LogP) is 13.8. The maximum Gasteiger partial charge on any atom is 0.137 e. The van der Waals surface area contributed by atoms with Gasteiger partial charge in [0.1, 0.15) is 17.3 Å². The molecule has 0 atom stereocenters. The molecule has 8 aromatic rings. The molecule has 1 aliphatic rings. The first kappa shape index (κ1) is 38.0. The Labute approximate surface area is 348 Å². The Bertz CT molecular complexity index is 2830. The van der Waals surface area contributed by atoms with Gasteiger partial charge >= 0.3 is 0 Å². The van der Waals surface area contributed by atoms with Crippen molar-refractivity contribution in [2.75, 3.05) is 16.5 Å². The van der Waals surface area contributed by atoms with Crippen molar-refractivity contribution >= 4 is 33.2 Å². The summed E-state index contributed by atoms with van der Waals surface area (Å²) in [6.07, 6.45) is 4.24. The van der Waals surface area contributed by atoms with E-state index >= 15 is 0 Å². The molecule has 3 heterocycles. The first-order valence-corrected chi connectivity index (χ1v) is 20.6. The van der Waals surface area contributed by atoms with Crippen molar-refractivity contribution in [2.24, 2.45) is 5.41 Å². The van der Waals surface area contributed by atoms with Crippen LogP contribution >= 0.6 is 0 Å². The van der Waals surface area contributed by atoms with Crippen LogP contribution in [0.1, 0.15) is 70.7 Å². The summed E-state index contributed by atoms with van der Waals surface area (Å²) in [4.78, 5) is 9.73. The SMILES string of the molecule is CC(C)(C)C1=CN(c2cccc(Oc3ccc4c5ccccc5n(-c5cc(C(C)(C)c6ccccc6)ccn5)c4c3)c2)CN1c1cccc(C(C)(C)c2ccccc2)c1. The topological polar surface area (TPSA) is 33.5 Å². The molecule has 6 aromatic carbocycles. The Morgan fingerprint density at radius 2 is 1.08 bits per heavy atom. The molecular formula is C54H52N4O. The Morgan fingerprint density at radius 3 is 1.80 bits per heavy atom. The van der Waals surface area contributed by atoms with Crippen molar-refractivity contribution in [1.29, 1.82) is 0 Å². The summed E-state index contributed by atoms with van der Waals surface area (Å²) in [6.45, 7) is 16.7. The van der Waals surface area contributed by atoms with E-state index in [9.17, 15) is 0 Å². The Morgan fingerprint density at radius 1 is 0.492 bits per heavy atom. The summed E-state index contributed by atoms with van der Waals surface area (Å²) in [6, 6.07) is 58.3. The summed E-state index contributed by atoms with van der Waals surface area (Å²) >= 11 is 0. The minimum atomic E-state index is -0.199. The molecule has 0 amide bonds. The van der Waals surface area contributed by atoms with Gasteiger partial charge in [0.05, 0.1) is 17.7 Å². The van der Waals surface area contributed by atoms with E-state index in [1.165, 1.54) is 39.0 Å². The number of anilines is 2. The van der Waals surface area contributed by atoms with Crippen molar-refractivity contribution in [2.45, 2.75) is 59.3 Å². The van der Waals surface area contributed by atoms with Gasteiger partial charge in [-0.2, -0.15) is 0 Å². The average Bonchev–Trinajstić information content (AvgIpc) is 3.86. The Balaban J connectivity index is 1.03. The zero-order valence-electron chi connectivity index (χ0n) is 35.1. The second-order valence-corrected chi connectivity index (χ2v) is 17.9. The molecule has 1 aliphatic heterocycles. The van der Waals surface area contributed by atoms with Gasteiger partial charge in [-0.25, -0.2) is 4.98 Å². The largest absolute Gasteiger partial charge is 0.457 e. The van der Waals surface area contributed by atoms with Gasteiger partial charge in [-0.15, -0.1) is 0 Å². The Hall–Kier alpha value is -6.59. The lowest BCUT2D eigenvalue weighted by Gasteiger charge is -2.32. The lowest BCUT2D eigenvalue weighted by atomic mass is 9.78. The summed E-state index contributed by atoms with van der Waals surface area (Å²) in [5, 5.41) is 2.34. The average molecular weight is 773 g/mol. The molecule has 0 saturated carbocycles. The summed E-state index contributed by atoms with van der Waals surface area (Å²) in [7, 11) is 0. The van der Waals surface area contributed by atoms with E-state index in [-0.39, 0.29) is 16.2 Å². The number of pyridine rings is 1. The van der Waals surface area contributed by atoms with Crippen LogP contribution in [0.5, 0.6) is 11.5 Å². The highest BCUT2D eigenvalue weighted by molar-refractivity contribution is 6.09. The van der Waals surface area contributed by atoms with Crippen LogP contribution in [-0.4, -0.2) is 16.2 Å². The van der Waals surface area contributed by atoms with Gasteiger partial charge in [-0.05, 0) is 76.9 Å². The van der Waals surface area contributed by atoms with Gasteiger partial charge in [0, 0.05) is 68.6 Å². The molecule has 0 bridgehead atoms. The molecule has 5 nitrogen and oxygen atoms in total. The number of rotatable bonds is 9. The second-order valence-electron chi connectivity index (χ2n) is 17.9. The molecule has 0 saturated heterocycles. The number of benzene rings is 6. The van der Waals surface area contributed by atoms with E-state index in [2.05, 4.69) is 227 Å². The van der Waals surface area contributed by atoms with Crippen LogP contribution in [0.25, 0.3) is 27.6 Å². The van der Waals surface area contributed by atoms with Crippen molar-refractivity contribution in [3.05, 3.63) is 204 Å². The third kappa shape index (κ3) is 7.05. The van der Waals surface area contributed by atoms with Crippen molar-refractivity contribution < 1.29 is 4.74 Å². The third-order valence-electron chi connectivity index (χ3n) is 12.2. The van der Waals surface area contributed by atoms with Crippen LogP contribution in [0.3, 0.4) is 0 Å². The molecule has 0 unspecified atom stereocenters. The molecule has 0 spiro atoms. The van der Waals surface area contributed by atoms with Gasteiger partial charge in [0.2, 0.25) is 0 Å². The van der Waals surface area contributed by atoms with Crippen molar-refractivity contribution in [3.8, 4) is 17.3 Å². The monoisotopic (exact) mass is 772 g/mol. The van der Waals surface area contributed by atoms with Gasteiger partial charge in [0.25, 0.3) is 0 Å². The lowest BCUT2D eigenvalue weighted by molar-refractivity contribution is 0.483. The highest BCUT2D eigenvalue weighted by Crippen LogP contribution is 2.42. The molecule has 5 heteroatoms. The number of fused-ring (bicyclic) bond motifs is 3. The number of allylic oxidation sites excluding steroid dienone is 1. The third-order valence-corrected chi connectivity index (χ3v) is 12.2. The minimum absolute atomic E-state index is 0.0760. The van der Waals surface area contributed by atoms with Gasteiger partial charge in [-0.1, -0.05) is 146 Å². The van der Waals surface area contributed by atoms with E-state index in [1.54, 1.807) is 0 Å². The van der Waals surface area contributed by atoms with Gasteiger partial charge in [-0.3, -0.25) is 4.57 Å². The highest BCUT2D eigenvalue weighted by atomic mass is 16.5. The number of para-hydroxylation sites is 1. The van der Waals surface area contributed by atoms with Crippen molar-refractivity contribution in [3.63, 3.8) is 0 Å². The fraction of sp³-hybridized carbons (Fsp3) is 0.204. The van der Waals surface area contributed by atoms with Crippen LogP contribution in [0.2, 0.25) is 0 Å². The van der Waals surface area contributed by atoms with Crippen LogP contribution in [0.15, 0.2) is 182 Å². The first-order chi connectivity index (χ1) is 28.4. The van der Waals surface area contributed by atoms with Gasteiger partial charge in [0.15, 0.2) is 0 Å². The summed E-state index contributed by atoms with van der Waals surface area (Å²) < 4.78 is 8.99. The molecule has 2 aromatic heterocycles. The molecule has 0 aliphatic carbocycles. The number of hydrogen-bond donors (Lipinski definition) is 0. The van der Waals surface area contributed by atoms with Crippen molar-refractivity contribution in [1.82, 2.24) is 9.55 Å². The van der Waals surface area contributed by atoms with E-state index in [1.807, 2.05) is 12.3 Å². The quantitative estimate of drug-likeness (QED) is 0.146. The first-order valence-electron chi connectivity index (χ1n) is 20.6. The maximum atomic E-state index is 6.72. The minimum Gasteiger partial charge on any atom is -0.457 e. The number of nitrogens with zero attached hydrogens (tertiary/aromatic N) is 4. The summed E-state index contributed by atoms with van der Waals surface area (Å²) in [5.74, 6) is 2.43.